The highest BCUT2D eigenvalue weighted by Crippen LogP contribution is 2.45. The molecule has 1 aromatic carbocycles. The first-order valence-electron chi connectivity index (χ1n) is 6.60. The molecular formula is C13H11Cl3N2O3S2. The fraction of sp³-hybridized carbons (Fsp3) is 0.385. The van der Waals surface area contributed by atoms with Gasteiger partial charge in [0, 0.05) is 5.25 Å². The zero-order valence-corrected chi connectivity index (χ0v) is 15.5. The number of amides is 1. The van der Waals surface area contributed by atoms with Crippen LogP contribution in [0.25, 0.3) is 0 Å². The zero-order valence-electron chi connectivity index (χ0n) is 11.6. The molecule has 3 rings (SSSR count). The molecule has 2 aliphatic heterocycles. The molecule has 124 valence electrons. The maximum Gasteiger partial charge on any atom is 0.262 e. The molecule has 0 radical (unpaired) electrons. The molecule has 0 saturated carbocycles. The first kappa shape index (κ1) is 17.4. The van der Waals surface area contributed by atoms with Gasteiger partial charge < -0.3 is 4.90 Å². The molecule has 2 aliphatic rings. The Labute approximate surface area is 152 Å². The number of fused-ring (bicyclic) bond motifs is 1. The number of nitrogens with zero attached hydrogens (tertiary/aromatic N) is 2. The van der Waals surface area contributed by atoms with E-state index in [-0.39, 0.29) is 28.7 Å². The summed E-state index contributed by atoms with van der Waals surface area (Å²) in [6.07, 6.45) is 0. The van der Waals surface area contributed by atoms with Crippen molar-refractivity contribution in [2.75, 3.05) is 22.3 Å². The smallest absolute Gasteiger partial charge is 0.262 e. The number of carbonyl (C=O) groups excluding carboxylic acids is 1. The maximum atomic E-state index is 11.9. The monoisotopic (exact) mass is 412 g/mol. The number of benzene rings is 1. The number of halogens is 3. The van der Waals surface area contributed by atoms with Gasteiger partial charge in [-0.2, -0.15) is 4.99 Å². The number of hydrogen-bond donors (Lipinski definition) is 0. The number of rotatable bonds is 2. The van der Waals surface area contributed by atoms with Crippen LogP contribution in [0.4, 0.5) is 5.69 Å². The van der Waals surface area contributed by atoms with E-state index >= 15 is 0 Å². The maximum absolute atomic E-state index is 11.9. The van der Waals surface area contributed by atoms with Crippen LogP contribution in [-0.4, -0.2) is 48.2 Å². The number of para-hydroxylation sites is 1. The SMILES string of the molecule is O=C(CCl)N=C1S[C@H]2CS(=O)(=O)C[C@@H]2N1c1c(Cl)cccc1Cl. The van der Waals surface area contributed by atoms with E-state index in [1.807, 2.05) is 0 Å². The van der Waals surface area contributed by atoms with Crippen LogP contribution in [0.2, 0.25) is 10.0 Å². The number of carbonyl (C=O) groups is 1. The lowest BCUT2D eigenvalue weighted by molar-refractivity contribution is -0.115. The summed E-state index contributed by atoms with van der Waals surface area (Å²) in [6, 6.07) is 4.65. The highest BCUT2D eigenvalue weighted by Gasteiger charge is 2.50. The second-order valence-corrected chi connectivity index (χ2v) is 9.60. The van der Waals surface area contributed by atoms with Crippen molar-refractivity contribution in [3.8, 4) is 0 Å². The minimum Gasteiger partial charge on any atom is -0.313 e. The van der Waals surface area contributed by atoms with Gasteiger partial charge in [0.1, 0.15) is 5.88 Å². The first-order chi connectivity index (χ1) is 10.8. The van der Waals surface area contributed by atoms with E-state index in [9.17, 15) is 13.2 Å². The number of sulfone groups is 1. The second kappa shape index (κ2) is 6.44. The Morgan fingerprint density at radius 3 is 2.57 bits per heavy atom. The van der Waals surface area contributed by atoms with E-state index in [1.165, 1.54) is 11.8 Å². The number of hydrogen-bond acceptors (Lipinski definition) is 4. The molecule has 1 amide bonds. The van der Waals surface area contributed by atoms with Gasteiger partial charge in [0.15, 0.2) is 15.0 Å². The van der Waals surface area contributed by atoms with Crippen LogP contribution in [-0.2, 0) is 14.6 Å². The predicted molar refractivity (Wildman–Crippen MR) is 95.9 cm³/mol. The van der Waals surface area contributed by atoms with E-state index in [0.29, 0.717) is 20.9 Å². The van der Waals surface area contributed by atoms with Gasteiger partial charge in [0.05, 0.1) is 33.3 Å². The Hall–Kier alpha value is -0.470. The second-order valence-electron chi connectivity index (χ2n) is 5.16. The number of anilines is 1. The average Bonchev–Trinajstić information content (AvgIpc) is 2.91. The Bertz CT molecular complexity index is 777. The van der Waals surface area contributed by atoms with Crippen LogP contribution in [0.5, 0.6) is 0 Å². The summed E-state index contributed by atoms with van der Waals surface area (Å²) in [5, 5.41) is 0.910. The molecule has 0 unspecified atom stereocenters. The third-order valence-electron chi connectivity index (χ3n) is 3.58. The van der Waals surface area contributed by atoms with Crippen LogP contribution in [0.1, 0.15) is 0 Å². The van der Waals surface area contributed by atoms with Crippen LogP contribution in [0, 0.1) is 0 Å². The molecule has 2 fully saturated rings. The van der Waals surface area contributed by atoms with Crippen molar-refractivity contribution in [1.82, 2.24) is 0 Å². The van der Waals surface area contributed by atoms with E-state index in [2.05, 4.69) is 4.99 Å². The molecule has 0 aliphatic carbocycles. The Morgan fingerprint density at radius 1 is 1.30 bits per heavy atom. The van der Waals surface area contributed by atoms with Gasteiger partial charge in [-0.15, -0.1) is 11.6 Å². The van der Waals surface area contributed by atoms with E-state index in [1.54, 1.807) is 23.1 Å². The Kier molecular flexibility index (Phi) is 4.86. The van der Waals surface area contributed by atoms with Crippen LogP contribution in [0.15, 0.2) is 23.2 Å². The van der Waals surface area contributed by atoms with Gasteiger partial charge in [-0.1, -0.05) is 41.0 Å². The quantitative estimate of drug-likeness (QED) is 0.698. The van der Waals surface area contributed by atoms with Gasteiger partial charge in [-0.05, 0) is 12.1 Å². The summed E-state index contributed by atoms with van der Waals surface area (Å²) >= 11 is 19.3. The van der Waals surface area contributed by atoms with Gasteiger partial charge in [-0.25, -0.2) is 8.42 Å². The van der Waals surface area contributed by atoms with Crippen molar-refractivity contribution in [3.63, 3.8) is 0 Å². The number of alkyl halides is 1. The topological polar surface area (TPSA) is 66.8 Å². The molecular weight excluding hydrogens is 403 g/mol. The fourth-order valence-corrected chi connectivity index (χ4v) is 7.24. The van der Waals surface area contributed by atoms with Crippen molar-refractivity contribution in [1.29, 1.82) is 0 Å². The van der Waals surface area contributed by atoms with Crippen molar-refractivity contribution < 1.29 is 13.2 Å². The predicted octanol–water partition coefficient (Wildman–Crippen LogP) is 2.83. The average molecular weight is 414 g/mol. The molecule has 0 N–H and O–H groups in total. The van der Waals surface area contributed by atoms with Crippen LogP contribution >= 0.6 is 46.6 Å². The summed E-state index contributed by atoms with van der Waals surface area (Å²) in [4.78, 5) is 17.3. The molecule has 2 saturated heterocycles. The third-order valence-corrected chi connectivity index (χ3v) is 7.63. The first-order valence-corrected chi connectivity index (χ1v) is 10.6. The molecule has 2 heterocycles. The summed E-state index contributed by atoms with van der Waals surface area (Å²) in [6.45, 7) is 0. The van der Waals surface area contributed by atoms with Crippen molar-refractivity contribution in [3.05, 3.63) is 28.2 Å². The van der Waals surface area contributed by atoms with E-state index in [4.69, 9.17) is 34.8 Å². The highest BCUT2D eigenvalue weighted by atomic mass is 35.5. The van der Waals surface area contributed by atoms with Gasteiger partial charge in [-0.3, -0.25) is 4.79 Å². The summed E-state index contributed by atoms with van der Waals surface area (Å²) in [5.74, 6) is -0.734. The standard InChI is InChI=1S/C13H11Cl3N2O3S2/c14-4-11(19)17-13-18(12-7(15)2-1-3-8(12)16)9-5-23(20,21)6-10(9)22-13/h1-3,9-10H,4-6H2/t9-,10-/m0/s1. The summed E-state index contributed by atoms with van der Waals surface area (Å²) in [5.41, 5.74) is 0.467. The molecule has 0 aromatic heterocycles. The molecule has 0 spiro atoms. The summed E-state index contributed by atoms with van der Waals surface area (Å²) < 4.78 is 23.9. The molecule has 1 aromatic rings. The minimum atomic E-state index is -3.14. The van der Waals surface area contributed by atoms with Gasteiger partial charge >= 0.3 is 0 Å². The summed E-state index contributed by atoms with van der Waals surface area (Å²) in [7, 11) is -3.14. The van der Waals surface area contributed by atoms with E-state index in [0.717, 1.165) is 0 Å². The lowest BCUT2D eigenvalue weighted by atomic mass is 10.2. The normalized spacial score (nSPS) is 27.4. The third kappa shape index (κ3) is 3.35. The van der Waals surface area contributed by atoms with Gasteiger partial charge in [0.2, 0.25) is 0 Å². The van der Waals surface area contributed by atoms with Crippen molar-refractivity contribution in [2.24, 2.45) is 4.99 Å². The number of thioether (sulfide) groups is 1. The molecule has 23 heavy (non-hydrogen) atoms. The zero-order chi connectivity index (χ0) is 16.8. The van der Waals surface area contributed by atoms with E-state index < -0.39 is 15.7 Å². The van der Waals surface area contributed by atoms with Crippen LogP contribution < -0.4 is 4.90 Å². The highest BCUT2D eigenvalue weighted by molar-refractivity contribution is 8.16. The fourth-order valence-electron chi connectivity index (χ4n) is 2.68. The Morgan fingerprint density at radius 2 is 1.96 bits per heavy atom. The minimum absolute atomic E-state index is 0.0275. The van der Waals surface area contributed by atoms with Crippen molar-refractivity contribution >= 4 is 73.2 Å². The van der Waals surface area contributed by atoms with Crippen LogP contribution in [0.3, 0.4) is 0 Å². The molecule has 0 bridgehead atoms. The molecule has 5 nitrogen and oxygen atoms in total. The largest absolute Gasteiger partial charge is 0.313 e. The molecule has 10 heteroatoms. The van der Waals surface area contributed by atoms with Gasteiger partial charge in [0.25, 0.3) is 5.91 Å². The molecule has 2 atom stereocenters. The Balaban J connectivity index is 2.11. The van der Waals surface area contributed by atoms with Crippen molar-refractivity contribution in [2.45, 2.75) is 11.3 Å². The number of amidine groups is 1. The lowest BCUT2D eigenvalue weighted by Crippen LogP contribution is -2.38. The lowest BCUT2D eigenvalue weighted by Gasteiger charge is -2.26. The number of aliphatic imine (C=N–C) groups is 1.